The van der Waals surface area contributed by atoms with Crippen LogP contribution in [0.25, 0.3) is 22.2 Å². The van der Waals surface area contributed by atoms with Crippen molar-refractivity contribution < 1.29 is 37.3 Å². The number of fused-ring (bicyclic) bond motifs is 2. The smallest absolute Gasteiger partial charge is 0.333 e. The van der Waals surface area contributed by atoms with E-state index in [1.165, 1.54) is 31.4 Å². The first-order valence-corrected chi connectivity index (χ1v) is 14.5. The summed E-state index contributed by atoms with van der Waals surface area (Å²) >= 11 is 5.92. The first kappa shape index (κ1) is 30.7. The zero-order chi connectivity index (χ0) is 32.3. The molecule has 0 bridgehead atoms. The molecular weight excluding hydrogens is 615 g/mol. The van der Waals surface area contributed by atoms with Gasteiger partial charge in [0.25, 0.3) is 5.91 Å². The van der Waals surface area contributed by atoms with Gasteiger partial charge < -0.3 is 25.6 Å². The Morgan fingerprint density at radius 1 is 1.29 bits per heavy atom. The Kier molecular flexibility index (Phi) is 7.64. The average Bonchev–Trinajstić information content (AvgIpc) is 3.58. The van der Waals surface area contributed by atoms with Gasteiger partial charge in [0, 0.05) is 28.3 Å². The van der Waals surface area contributed by atoms with E-state index in [1.54, 1.807) is 19.1 Å². The summed E-state index contributed by atoms with van der Waals surface area (Å²) in [5, 5.41) is 19.1. The highest BCUT2D eigenvalue weighted by Crippen LogP contribution is 2.48. The molecule has 1 aliphatic heterocycles. The van der Waals surface area contributed by atoms with Crippen LogP contribution in [-0.4, -0.2) is 51.9 Å². The molecule has 1 saturated carbocycles. The van der Waals surface area contributed by atoms with E-state index in [2.05, 4.69) is 10.4 Å². The minimum absolute atomic E-state index is 0.0864. The number of amides is 2. The Bertz CT molecular complexity index is 1850. The molecule has 6 rings (SSSR count). The van der Waals surface area contributed by atoms with Gasteiger partial charge in [0.2, 0.25) is 5.91 Å². The third-order valence-electron chi connectivity index (χ3n) is 8.83. The van der Waals surface area contributed by atoms with Gasteiger partial charge in [-0.25, -0.2) is 14.1 Å². The fraction of sp³-hybridized carbons (Fsp3) is 0.355. The molecule has 1 fully saturated rings. The van der Waals surface area contributed by atoms with Gasteiger partial charge in [-0.3, -0.25) is 9.59 Å². The molecule has 2 aromatic heterocycles. The van der Waals surface area contributed by atoms with Crippen molar-refractivity contribution in [2.45, 2.75) is 43.8 Å². The molecule has 4 N–H and O–H groups in total. The average molecular weight is 644 g/mol. The summed E-state index contributed by atoms with van der Waals surface area (Å²) in [5.74, 6) is -1.93. The number of nitrogens with zero attached hydrogens (tertiary/aromatic N) is 3. The van der Waals surface area contributed by atoms with Crippen molar-refractivity contribution in [1.82, 2.24) is 20.1 Å². The molecule has 2 aliphatic rings. The van der Waals surface area contributed by atoms with Crippen LogP contribution in [0.4, 0.5) is 13.2 Å². The number of alkyl halides is 2. The molecular formula is C31H29ClF3N5O5. The van der Waals surface area contributed by atoms with Crippen LogP contribution in [0.3, 0.4) is 0 Å². The van der Waals surface area contributed by atoms with Crippen molar-refractivity contribution in [3.8, 4) is 22.8 Å². The number of benzene rings is 2. The molecule has 14 heteroatoms. The number of hydrogen-bond acceptors (Lipinski definition) is 7. The Labute approximate surface area is 260 Å². The van der Waals surface area contributed by atoms with Crippen LogP contribution in [0.5, 0.6) is 11.5 Å². The largest absolute Gasteiger partial charge is 0.494 e. The number of hydrogen-bond donors (Lipinski definition) is 3. The Morgan fingerprint density at radius 3 is 2.67 bits per heavy atom. The maximum atomic E-state index is 14.6. The van der Waals surface area contributed by atoms with Gasteiger partial charge in [-0.1, -0.05) is 24.1 Å². The van der Waals surface area contributed by atoms with Crippen LogP contribution >= 0.6 is 11.6 Å². The summed E-state index contributed by atoms with van der Waals surface area (Å²) in [7, 11) is 1.33. The Morgan fingerprint density at radius 2 is 2.04 bits per heavy atom. The molecule has 0 saturated heterocycles. The van der Waals surface area contributed by atoms with Gasteiger partial charge in [0.05, 0.1) is 24.4 Å². The SMILES string of the molecule is COc1cc(C(=O)NCC(O)(c2cc3c(c(-c4ccc(Cl)c(F)c4)n2)OC[C@]3(C)C(N)=O)C2CCC2)cc2cn(C(F)F)nc12. The summed E-state index contributed by atoms with van der Waals surface area (Å²) in [4.78, 5) is 30.8. The van der Waals surface area contributed by atoms with Gasteiger partial charge in [-0.2, -0.15) is 13.9 Å². The Hall–Kier alpha value is -4.36. The van der Waals surface area contributed by atoms with Gasteiger partial charge in [-0.05, 0) is 56.0 Å². The molecule has 2 aromatic carbocycles. The summed E-state index contributed by atoms with van der Waals surface area (Å²) in [6.45, 7) is -1.65. The third-order valence-corrected chi connectivity index (χ3v) is 9.13. The Balaban J connectivity index is 1.41. The summed E-state index contributed by atoms with van der Waals surface area (Å²) in [5.41, 5.74) is 4.04. The second-order valence-corrected chi connectivity index (χ2v) is 12.0. The summed E-state index contributed by atoms with van der Waals surface area (Å²) in [6.07, 6.45) is 3.21. The highest BCUT2D eigenvalue weighted by atomic mass is 35.5. The maximum absolute atomic E-state index is 14.6. The molecule has 1 aliphatic carbocycles. The summed E-state index contributed by atoms with van der Waals surface area (Å²) < 4.78 is 52.8. The maximum Gasteiger partial charge on any atom is 0.333 e. The van der Waals surface area contributed by atoms with E-state index in [9.17, 15) is 27.9 Å². The van der Waals surface area contributed by atoms with E-state index in [0.29, 0.717) is 28.7 Å². The molecule has 236 valence electrons. The molecule has 1 unspecified atom stereocenters. The van der Waals surface area contributed by atoms with E-state index in [1.807, 2.05) is 0 Å². The van der Waals surface area contributed by atoms with Gasteiger partial charge in [0.15, 0.2) is 0 Å². The van der Waals surface area contributed by atoms with E-state index < -0.39 is 35.2 Å². The van der Waals surface area contributed by atoms with E-state index in [0.717, 1.165) is 12.6 Å². The topological polar surface area (TPSA) is 142 Å². The lowest BCUT2D eigenvalue weighted by atomic mass is 9.70. The van der Waals surface area contributed by atoms with Gasteiger partial charge in [-0.15, -0.1) is 0 Å². The van der Waals surface area contributed by atoms with Crippen molar-refractivity contribution in [2.24, 2.45) is 11.7 Å². The molecule has 45 heavy (non-hydrogen) atoms. The molecule has 2 amide bonds. The number of aliphatic hydroxyl groups is 1. The van der Waals surface area contributed by atoms with Crippen LogP contribution in [-0.2, 0) is 15.8 Å². The number of methoxy groups -OCH3 is 1. The minimum Gasteiger partial charge on any atom is -0.494 e. The predicted octanol–water partition coefficient (Wildman–Crippen LogP) is 4.85. The number of rotatable bonds is 9. The van der Waals surface area contributed by atoms with Gasteiger partial charge in [0.1, 0.15) is 46.1 Å². The molecule has 2 atom stereocenters. The molecule has 0 spiro atoms. The normalized spacial score (nSPS) is 19.1. The number of carbonyl (C=O) groups excluding carboxylic acids is 2. The van der Waals surface area contributed by atoms with Crippen LogP contribution in [0.2, 0.25) is 5.02 Å². The number of pyridine rings is 1. The van der Waals surface area contributed by atoms with E-state index in [-0.39, 0.29) is 63.4 Å². The van der Waals surface area contributed by atoms with Crippen LogP contribution < -0.4 is 20.5 Å². The zero-order valence-corrected chi connectivity index (χ0v) is 25.0. The fourth-order valence-electron chi connectivity index (χ4n) is 5.80. The fourth-order valence-corrected chi connectivity index (χ4v) is 5.92. The molecule has 0 radical (unpaired) electrons. The van der Waals surface area contributed by atoms with Crippen LogP contribution in [0, 0.1) is 11.7 Å². The first-order valence-electron chi connectivity index (χ1n) is 14.2. The lowest BCUT2D eigenvalue weighted by Crippen LogP contribution is -2.49. The van der Waals surface area contributed by atoms with Crippen molar-refractivity contribution >= 4 is 34.3 Å². The van der Waals surface area contributed by atoms with Crippen molar-refractivity contribution in [2.75, 3.05) is 20.3 Å². The quantitative estimate of drug-likeness (QED) is 0.237. The van der Waals surface area contributed by atoms with Crippen LogP contribution in [0.1, 0.15) is 54.4 Å². The van der Waals surface area contributed by atoms with Crippen molar-refractivity contribution in [3.05, 3.63) is 70.3 Å². The number of nitrogens with one attached hydrogen (secondary N) is 1. The molecule has 10 nitrogen and oxygen atoms in total. The number of nitrogens with two attached hydrogens (primary N) is 1. The highest BCUT2D eigenvalue weighted by Gasteiger charge is 2.48. The van der Waals surface area contributed by atoms with Crippen LogP contribution in [0.15, 0.2) is 42.6 Å². The second kappa shape index (κ2) is 11.2. The lowest BCUT2D eigenvalue weighted by Gasteiger charge is -2.41. The molecule has 3 heterocycles. The number of halogens is 4. The predicted molar refractivity (Wildman–Crippen MR) is 158 cm³/mol. The summed E-state index contributed by atoms with van der Waals surface area (Å²) in [6, 6.07) is 8.43. The van der Waals surface area contributed by atoms with E-state index >= 15 is 0 Å². The highest BCUT2D eigenvalue weighted by molar-refractivity contribution is 6.30. The van der Waals surface area contributed by atoms with Crippen molar-refractivity contribution in [3.63, 3.8) is 0 Å². The minimum atomic E-state index is -2.88. The van der Waals surface area contributed by atoms with Crippen molar-refractivity contribution in [1.29, 1.82) is 0 Å². The number of aromatic nitrogens is 3. The van der Waals surface area contributed by atoms with E-state index in [4.69, 9.17) is 31.8 Å². The number of ether oxygens (including phenoxy) is 2. The second-order valence-electron chi connectivity index (χ2n) is 11.6. The number of primary amides is 1. The standard InChI is InChI=1S/C31H29ClF3N5O5/c1-30(28(36)42)14-45-26-19(30)11-23(38-25(26)15-6-7-20(32)21(33)9-15)31(43,18-4-3-5-18)13-37-27(41)16-8-17-12-40(29(34)35)39-24(17)22(10-16)44-2/h6-12,18,29,43H,3-5,13-14H2,1-2H3,(H2,36,42)(H,37,41)/t30-,31?/m0/s1. The first-order chi connectivity index (χ1) is 21.4. The zero-order valence-electron chi connectivity index (χ0n) is 24.2. The number of carbonyl (C=O) groups is 2. The van der Waals surface area contributed by atoms with Gasteiger partial charge >= 0.3 is 6.55 Å². The molecule has 4 aromatic rings. The lowest BCUT2D eigenvalue weighted by molar-refractivity contribution is -0.123. The monoisotopic (exact) mass is 643 g/mol. The third kappa shape index (κ3) is 5.13.